The minimum absolute atomic E-state index is 0.0294. The Balaban J connectivity index is 2.28. The van der Waals surface area contributed by atoms with Crippen LogP contribution in [-0.2, 0) is 4.74 Å². The molecule has 0 saturated heterocycles. The van der Waals surface area contributed by atoms with Crippen molar-refractivity contribution in [2.75, 3.05) is 20.3 Å². The van der Waals surface area contributed by atoms with Crippen LogP contribution in [-0.4, -0.2) is 31.5 Å². The highest BCUT2D eigenvalue weighted by Crippen LogP contribution is 2.22. The number of hydrogen-bond acceptors (Lipinski definition) is 3. The van der Waals surface area contributed by atoms with E-state index in [2.05, 4.69) is 5.32 Å². The van der Waals surface area contributed by atoms with E-state index >= 15 is 0 Å². The van der Waals surface area contributed by atoms with Gasteiger partial charge in [0.25, 0.3) is 0 Å². The van der Waals surface area contributed by atoms with Gasteiger partial charge in [0.15, 0.2) is 0 Å². The van der Waals surface area contributed by atoms with Gasteiger partial charge in [0.2, 0.25) is 0 Å². The van der Waals surface area contributed by atoms with Gasteiger partial charge in [0, 0.05) is 7.11 Å². The molecule has 2 N–H and O–H groups in total. The standard InChI is InChI=1S/C17H20FNO2/c1-21-12-16(11-20)19-17(13-5-3-2-4-6-13)14-7-9-15(18)10-8-14/h2-10,16-17,19-20H,11-12H2,1H3. The molecule has 0 aliphatic heterocycles. The molecule has 0 saturated carbocycles. The van der Waals surface area contributed by atoms with Gasteiger partial charge >= 0.3 is 0 Å². The van der Waals surface area contributed by atoms with E-state index in [4.69, 9.17) is 4.74 Å². The number of methoxy groups -OCH3 is 1. The van der Waals surface area contributed by atoms with Crippen LogP contribution in [0.5, 0.6) is 0 Å². The molecule has 0 radical (unpaired) electrons. The Morgan fingerprint density at radius 1 is 1.05 bits per heavy atom. The predicted octanol–water partition coefficient (Wildman–Crippen LogP) is 2.51. The summed E-state index contributed by atoms with van der Waals surface area (Å²) in [7, 11) is 1.60. The fraction of sp³-hybridized carbons (Fsp3) is 0.294. The average Bonchev–Trinajstić information content (AvgIpc) is 2.53. The van der Waals surface area contributed by atoms with Crippen molar-refractivity contribution < 1.29 is 14.2 Å². The van der Waals surface area contributed by atoms with Crippen molar-refractivity contribution in [2.45, 2.75) is 12.1 Å². The van der Waals surface area contributed by atoms with Gasteiger partial charge in [-0.15, -0.1) is 0 Å². The number of nitrogens with one attached hydrogen (secondary N) is 1. The molecule has 2 aromatic carbocycles. The van der Waals surface area contributed by atoms with E-state index in [-0.39, 0.29) is 24.5 Å². The number of benzene rings is 2. The molecular weight excluding hydrogens is 269 g/mol. The topological polar surface area (TPSA) is 41.5 Å². The second kappa shape index (κ2) is 7.88. The first-order valence-electron chi connectivity index (χ1n) is 6.91. The van der Waals surface area contributed by atoms with Crippen LogP contribution in [0.1, 0.15) is 17.2 Å². The summed E-state index contributed by atoms with van der Waals surface area (Å²) >= 11 is 0. The maximum atomic E-state index is 13.1. The van der Waals surface area contributed by atoms with E-state index in [9.17, 15) is 9.50 Å². The number of rotatable bonds is 7. The first-order chi connectivity index (χ1) is 10.2. The van der Waals surface area contributed by atoms with Gasteiger partial charge in [-0.2, -0.15) is 0 Å². The normalized spacial score (nSPS) is 13.9. The van der Waals surface area contributed by atoms with Crippen LogP contribution in [0.3, 0.4) is 0 Å². The van der Waals surface area contributed by atoms with E-state index in [1.54, 1.807) is 19.2 Å². The largest absolute Gasteiger partial charge is 0.395 e. The van der Waals surface area contributed by atoms with Gasteiger partial charge in [-0.1, -0.05) is 42.5 Å². The number of aliphatic hydroxyl groups is 1. The molecule has 2 atom stereocenters. The fourth-order valence-corrected chi connectivity index (χ4v) is 2.28. The minimum atomic E-state index is -0.263. The molecule has 0 heterocycles. The molecule has 0 fully saturated rings. The lowest BCUT2D eigenvalue weighted by Gasteiger charge is -2.25. The Kier molecular flexibility index (Phi) is 5.87. The second-order valence-corrected chi connectivity index (χ2v) is 4.90. The predicted molar refractivity (Wildman–Crippen MR) is 80.6 cm³/mol. The van der Waals surface area contributed by atoms with Crippen molar-refractivity contribution in [3.8, 4) is 0 Å². The van der Waals surface area contributed by atoms with E-state index in [1.165, 1.54) is 12.1 Å². The Morgan fingerprint density at radius 2 is 1.67 bits per heavy atom. The quantitative estimate of drug-likeness (QED) is 0.823. The molecule has 2 unspecified atom stereocenters. The summed E-state index contributed by atoms with van der Waals surface area (Å²) in [5, 5.41) is 12.8. The number of aliphatic hydroxyl groups excluding tert-OH is 1. The Bertz CT molecular complexity index is 530. The Morgan fingerprint density at radius 3 is 2.24 bits per heavy atom. The second-order valence-electron chi connectivity index (χ2n) is 4.90. The first-order valence-corrected chi connectivity index (χ1v) is 6.91. The summed E-state index contributed by atoms with van der Waals surface area (Å²) in [4.78, 5) is 0. The maximum Gasteiger partial charge on any atom is 0.123 e. The van der Waals surface area contributed by atoms with Crippen LogP contribution in [0, 0.1) is 5.82 Å². The minimum Gasteiger partial charge on any atom is -0.395 e. The molecule has 21 heavy (non-hydrogen) atoms. The van der Waals surface area contributed by atoms with Crippen LogP contribution < -0.4 is 5.32 Å². The van der Waals surface area contributed by atoms with Crippen molar-refractivity contribution in [2.24, 2.45) is 0 Å². The highest BCUT2D eigenvalue weighted by molar-refractivity contribution is 5.32. The monoisotopic (exact) mass is 289 g/mol. The molecule has 0 aliphatic rings. The van der Waals surface area contributed by atoms with Crippen LogP contribution in [0.2, 0.25) is 0 Å². The molecule has 0 aromatic heterocycles. The molecule has 2 rings (SSSR count). The highest BCUT2D eigenvalue weighted by atomic mass is 19.1. The zero-order chi connectivity index (χ0) is 15.1. The van der Waals surface area contributed by atoms with Crippen LogP contribution in [0.4, 0.5) is 4.39 Å². The fourth-order valence-electron chi connectivity index (χ4n) is 2.28. The third-order valence-corrected chi connectivity index (χ3v) is 3.33. The summed E-state index contributed by atoms with van der Waals surface area (Å²) < 4.78 is 18.2. The summed E-state index contributed by atoms with van der Waals surface area (Å²) in [6.07, 6.45) is 0. The molecule has 0 spiro atoms. The molecular formula is C17H20FNO2. The SMILES string of the molecule is COCC(CO)NC(c1ccccc1)c1ccc(F)cc1. The zero-order valence-electron chi connectivity index (χ0n) is 12.0. The summed E-state index contributed by atoms with van der Waals surface area (Å²) in [6, 6.07) is 15.9. The van der Waals surface area contributed by atoms with Crippen LogP contribution >= 0.6 is 0 Å². The van der Waals surface area contributed by atoms with Crippen molar-refractivity contribution in [1.82, 2.24) is 5.32 Å². The molecule has 0 aliphatic carbocycles. The lowest BCUT2D eigenvalue weighted by Crippen LogP contribution is -2.39. The third-order valence-electron chi connectivity index (χ3n) is 3.33. The van der Waals surface area contributed by atoms with Crippen molar-refractivity contribution >= 4 is 0 Å². The van der Waals surface area contributed by atoms with Crippen molar-refractivity contribution in [3.63, 3.8) is 0 Å². The maximum absolute atomic E-state index is 13.1. The van der Waals surface area contributed by atoms with Gasteiger partial charge in [0.1, 0.15) is 5.82 Å². The zero-order valence-corrected chi connectivity index (χ0v) is 12.0. The first kappa shape index (κ1) is 15.6. The number of hydrogen-bond donors (Lipinski definition) is 2. The van der Waals surface area contributed by atoms with Gasteiger partial charge in [0.05, 0.1) is 25.3 Å². The van der Waals surface area contributed by atoms with Crippen LogP contribution in [0.25, 0.3) is 0 Å². The Labute approximate surface area is 124 Å². The lowest BCUT2D eigenvalue weighted by atomic mass is 9.98. The van der Waals surface area contributed by atoms with Gasteiger partial charge in [-0.25, -0.2) is 4.39 Å². The van der Waals surface area contributed by atoms with E-state index in [0.29, 0.717) is 6.61 Å². The Hall–Kier alpha value is -1.75. The highest BCUT2D eigenvalue weighted by Gasteiger charge is 2.18. The average molecular weight is 289 g/mol. The molecule has 0 bridgehead atoms. The molecule has 4 heteroatoms. The summed E-state index contributed by atoms with van der Waals surface area (Å²) in [5.74, 6) is -0.263. The van der Waals surface area contributed by atoms with Crippen LogP contribution in [0.15, 0.2) is 54.6 Å². The van der Waals surface area contributed by atoms with Gasteiger partial charge in [-0.3, -0.25) is 5.32 Å². The lowest BCUT2D eigenvalue weighted by molar-refractivity contribution is 0.125. The molecule has 2 aromatic rings. The third kappa shape index (κ3) is 4.36. The number of ether oxygens (including phenoxy) is 1. The summed E-state index contributed by atoms with van der Waals surface area (Å²) in [6.45, 7) is 0.374. The van der Waals surface area contributed by atoms with Crippen molar-refractivity contribution in [3.05, 3.63) is 71.5 Å². The molecule has 112 valence electrons. The van der Waals surface area contributed by atoms with Gasteiger partial charge in [-0.05, 0) is 23.3 Å². The van der Waals surface area contributed by atoms with E-state index in [1.807, 2.05) is 30.3 Å². The van der Waals surface area contributed by atoms with E-state index < -0.39 is 0 Å². The summed E-state index contributed by atoms with van der Waals surface area (Å²) in [5.41, 5.74) is 2.00. The molecule has 0 amide bonds. The van der Waals surface area contributed by atoms with Crippen molar-refractivity contribution in [1.29, 1.82) is 0 Å². The molecule has 3 nitrogen and oxygen atoms in total. The number of halogens is 1. The van der Waals surface area contributed by atoms with E-state index in [0.717, 1.165) is 11.1 Å². The smallest absolute Gasteiger partial charge is 0.123 e. The van der Waals surface area contributed by atoms with Gasteiger partial charge < -0.3 is 9.84 Å².